The van der Waals surface area contributed by atoms with E-state index >= 15 is 0 Å². The summed E-state index contributed by atoms with van der Waals surface area (Å²) in [4.78, 5) is 4.22. The molecule has 1 heterocycles. The van der Waals surface area contributed by atoms with Crippen molar-refractivity contribution in [3.05, 3.63) is 35.1 Å². The fourth-order valence-electron chi connectivity index (χ4n) is 1.52. The van der Waals surface area contributed by atoms with Gasteiger partial charge in [-0.3, -0.25) is 9.13 Å². The molecule has 0 aliphatic carbocycles. The van der Waals surface area contributed by atoms with Crippen LogP contribution in [0.4, 0.5) is 5.82 Å². The highest BCUT2D eigenvalue weighted by molar-refractivity contribution is 7.62. The first-order valence-corrected chi connectivity index (χ1v) is 9.34. The maximum Gasteiger partial charge on any atom is 0.377 e. The smallest absolute Gasteiger partial charge is 0.333 e. The molecular weight excluding hydrogens is 330 g/mol. The molecule has 0 saturated heterocycles. The third-order valence-electron chi connectivity index (χ3n) is 2.71. The van der Waals surface area contributed by atoms with Crippen LogP contribution in [0.1, 0.15) is 5.69 Å². The number of rotatable bonds is 8. The summed E-state index contributed by atoms with van der Waals surface area (Å²) < 4.78 is 44.4. The van der Waals surface area contributed by atoms with E-state index in [-0.39, 0.29) is 5.44 Å². The summed E-state index contributed by atoms with van der Waals surface area (Å²) >= 11 is 0. The second-order valence-corrected chi connectivity index (χ2v) is 8.35. The maximum atomic E-state index is 12.6. The summed E-state index contributed by atoms with van der Waals surface area (Å²) in [6, 6.07) is 5.22. The normalized spacial score (nSPS) is 13.2. The van der Waals surface area contributed by atoms with E-state index in [1.807, 2.05) is 0 Å². The van der Waals surface area contributed by atoms with Gasteiger partial charge >= 0.3 is 15.2 Å². The Morgan fingerprint density at radius 3 is 2.14 bits per heavy atom. The SMILES string of the molecule is COP(=O)(/C=C(\Nc1cccc(C)n1)P(=O)(OC)OC)OC. The zero-order chi connectivity index (χ0) is 16.8. The van der Waals surface area contributed by atoms with Crippen LogP contribution in [0.2, 0.25) is 0 Å². The van der Waals surface area contributed by atoms with Gasteiger partial charge in [-0.15, -0.1) is 0 Å². The fraction of sp³-hybridized carbons (Fsp3) is 0.417. The maximum absolute atomic E-state index is 12.6. The number of hydrogen-bond donors (Lipinski definition) is 1. The summed E-state index contributed by atoms with van der Waals surface area (Å²) in [5.41, 5.74) is 0.665. The molecular formula is C12H20N2O6P2. The van der Waals surface area contributed by atoms with Crippen LogP contribution in [0.5, 0.6) is 0 Å². The molecule has 1 N–H and O–H groups in total. The molecule has 0 amide bonds. The molecule has 1 aromatic rings. The Hall–Kier alpha value is -1.01. The van der Waals surface area contributed by atoms with Gasteiger partial charge in [-0.1, -0.05) is 6.07 Å². The summed E-state index contributed by atoms with van der Waals surface area (Å²) in [5, 5.41) is 2.79. The highest BCUT2D eigenvalue weighted by Gasteiger charge is 2.32. The van der Waals surface area contributed by atoms with Crippen LogP contribution in [0, 0.1) is 6.92 Å². The lowest BCUT2D eigenvalue weighted by Gasteiger charge is -2.20. The minimum Gasteiger partial charge on any atom is -0.333 e. The average Bonchev–Trinajstić information content (AvgIpc) is 2.53. The largest absolute Gasteiger partial charge is 0.377 e. The van der Waals surface area contributed by atoms with Gasteiger partial charge in [0.1, 0.15) is 11.3 Å². The second-order valence-electron chi connectivity index (χ2n) is 4.07. The van der Waals surface area contributed by atoms with Gasteiger partial charge in [0.25, 0.3) is 0 Å². The van der Waals surface area contributed by atoms with Crippen molar-refractivity contribution < 1.29 is 27.2 Å². The van der Waals surface area contributed by atoms with Gasteiger partial charge in [-0.05, 0) is 19.1 Å². The average molecular weight is 350 g/mol. The number of anilines is 1. The molecule has 0 fully saturated rings. The van der Waals surface area contributed by atoms with Crippen LogP contribution >= 0.6 is 15.2 Å². The predicted octanol–water partition coefficient (Wildman–Crippen LogP) is 3.57. The topological polar surface area (TPSA) is 96.0 Å². The second kappa shape index (κ2) is 8.02. The molecule has 0 spiro atoms. The molecule has 0 aromatic carbocycles. The van der Waals surface area contributed by atoms with Crippen molar-refractivity contribution in [1.82, 2.24) is 4.98 Å². The number of nitrogens with zero attached hydrogens (tertiary/aromatic N) is 1. The molecule has 1 rings (SSSR count). The van der Waals surface area contributed by atoms with E-state index in [0.29, 0.717) is 5.82 Å². The lowest BCUT2D eigenvalue weighted by atomic mass is 10.4. The highest BCUT2D eigenvalue weighted by Crippen LogP contribution is 2.60. The summed E-state index contributed by atoms with van der Waals surface area (Å²) in [5.74, 6) is 1.45. The van der Waals surface area contributed by atoms with Crippen molar-refractivity contribution in [2.24, 2.45) is 0 Å². The van der Waals surface area contributed by atoms with E-state index in [2.05, 4.69) is 10.3 Å². The van der Waals surface area contributed by atoms with Gasteiger partial charge in [0.15, 0.2) is 0 Å². The van der Waals surface area contributed by atoms with Gasteiger partial charge < -0.3 is 23.4 Å². The Morgan fingerprint density at radius 1 is 1.09 bits per heavy atom. The van der Waals surface area contributed by atoms with E-state index in [0.717, 1.165) is 11.5 Å². The Kier molecular flexibility index (Phi) is 6.94. The first kappa shape index (κ1) is 19.0. The first-order chi connectivity index (χ1) is 10.3. The van der Waals surface area contributed by atoms with Gasteiger partial charge in [0, 0.05) is 34.1 Å². The molecule has 0 aliphatic rings. The van der Waals surface area contributed by atoms with Crippen molar-refractivity contribution in [3.8, 4) is 0 Å². The molecule has 124 valence electrons. The quantitative estimate of drug-likeness (QED) is 0.711. The molecule has 0 atom stereocenters. The number of aryl methyl sites for hydroxylation is 1. The van der Waals surface area contributed by atoms with Gasteiger partial charge in [0.05, 0.1) is 5.82 Å². The highest BCUT2D eigenvalue weighted by atomic mass is 31.2. The Labute approximate surface area is 129 Å². The number of aromatic nitrogens is 1. The summed E-state index contributed by atoms with van der Waals surface area (Å²) in [6.07, 6.45) is 0. The number of nitrogens with one attached hydrogen (secondary N) is 1. The Morgan fingerprint density at radius 2 is 1.68 bits per heavy atom. The number of hydrogen-bond acceptors (Lipinski definition) is 8. The molecule has 22 heavy (non-hydrogen) atoms. The Bertz CT molecular complexity index is 618. The van der Waals surface area contributed by atoms with Crippen molar-refractivity contribution in [2.45, 2.75) is 6.92 Å². The lowest BCUT2D eigenvalue weighted by Crippen LogP contribution is -2.06. The van der Waals surface area contributed by atoms with Gasteiger partial charge in [-0.25, -0.2) is 4.98 Å². The van der Waals surface area contributed by atoms with Gasteiger partial charge in [0.2, 0.25) is 0 Å². The zero-order valence-electron chi connectivity index (χ0n) is 13.1. The van der Waals surface area contributed by atoms with E-state index in [1.54, 1.807) is 25.1 Å². The van der Waals surface area contributed by atoms with Crippen molar-refractivity contribution in [1.29, 1.82) is 0 Å². The monoisotopic (exact) mass is 350 g/mol. The van der Waals surface area contributed by atoms with Crippen molar-refractivity contribution in [2.75, 3.05) is 33.8 Å². The van der Waals surface area contributed by atoms with Gasteiger partial charge in [-0.2, -0.15) is 0 Å². The number of pyridine rings is 1. The van der Waals surface area contributed by atoms with Crippen LogP contribution in [-0.4, -0.2) is 33.4 Å². The van der Waals surface area contributed by atoms with Crippen molar-refractivity contribution >= 4 is 21.0 Å². The predicted molar refractivity (Wildman–Crippen MR) is 83.9 cm³/mol. The van der Waals surface area contributed by atoms with E-state index < -0.39 is 15.2 Å². The Balaban J connectivity index is 3.32. The summed E-state index contributed by atoms with van der Waals surface area (Å²) in [7, 11) is -2.45. The first-order valence-electron chi connectivity index (χ1n) is 6.19. The van der Waals surface area contributed by atoms with Crippen LogP contribution in [0.3, 0.4) is 0 Å². The minimum absolute atomic E-state index is 0.0809. The van der Waals surface area contributed by atoms with Crippen LogP contribution < -0.4 is 5.32 Å². The molecule has 0 unspecified atom stereocenters. The molecule has 0 bridgehead atoms. The standard InChI is InChI=1S/C12H20N2O6P2/c1-10-7-6-8-11(13-10)14-12(22(16,19-4)20-5)9-21(15,17-2)18-3/h6-9H,1-5H3,(H,13,14)/b12-9+. The van der Waals surface area contributed by atoms with Crippen LogP contribution in [0.25, 0.3) is 0 Å². The third kappa shape index (κ3) is 4.74. The summed E-state index contributed by atoms with van der Waals surface area (Å²) in [6.45, 7) is 1.80. The van der Waals surface area contributed by atoms with Crippen LogP contribution in [0.15, 0.2) is 29.5 Å². The third-order valence-corrected chi connectivity index (χ3v) is 6.30. The minimum atomic E-state index is -3.72. The lowest BCUT2D eigenvalue weighted by molar-refractivity contribution is 0.279. The molecule has 0 radical (unpaired) electrons. The van der Waals surface area contributed by atoms with E-state index in [9.17, 15) is 9.13 Å². The van der Waals surface area contributed by atoms with Crippen molar-refractivity contribution in [3.63, 3.8) is 0 Å². The fourth-order valence-corrected chi connectivity index (χ4v) is 4.02. The molecule has 0 aliphatic heterocycles. The molecule has 0 saturated carbocycles. The molecule has 10 heteroatoms. The molecule has 8 nitrogen and oxygen atoms in total. The van der Waals surface area contributed by atoms with E-state index in [4.69, 9.17) is 18.1 Å². The van der Waals surface area contributed by atoms with E-state index in [1.165, 1.54) is 28.4 Å². The molecule has 1 aromatic heterocycles. The van der Waals surface area contributed by atoms with Crippen LogP contribution in [-0.2, 0) is 27.2 Å². The zero-order valence-corrected chi connectivity index (χ0v) is 14.9.